The molecule has 0 aliphatic heterocycles. The van der Waals surface area contributed by atoms with Crippen LogP contribution in [0.1, 0.15) is 33.4 Å². The lowest BCUT2D eigenvalue weighted by molar-refractivity contribution is -0.644. The number of benzene rings is 2. The predicted octanol–water partition coefficient (Wildman–Crippen LogP) is 1.40. The molecule has 0 saturated carbocycles. The summed E-state index contributed by atoms with van der Waals surface area (Å²) in [5.74, 6) is -0.311. The largest absolute Gasteiger partial charge is 1.00 e. The Morgan fingerprint density at radius 1 is 1.00 bits per heavy atom. The molecule has 2 nitrogen and oxygen atoms in total. The van der Waals surface area contributed by atoms with Gasteiger partial charge < -0.3 is 29.1 Å². The van der Waals surface area contributed by atoms with E-state index in [1.54, 1.807) is 6.92 Å². The lowest BCUT2D eigenvalue weighted by atomic mass is 9.92. The first-order valence-corrected chi connectivity index (χ1v) is 8.40. The van der Waals surface area contributed by atoms with E-state index in [0.717, 1.165) is 33.2 Å². The van der Waals surface area contributed by atoms with Crippen molar-refractivity contribution in [3.63, 3.8) is 0 Å². The molecule has 0 spiro atoms. The number of hydrogen-bond acceptors (Lipinski definition) is 1. The Morgan fingerprint density at radius 3 is 2.38 bits per heavy atom. The van der Waals surface area contributed by atoms with Crippen LogP contribution >= 0.6 is 0 Å². The quantitative estimate of drug-likeness (QED) is 0.461. The van der Waals surface area contributed by atoms with Gasteiger partial charge in [0.25, 0.3) is 0 Å². The number of nitrogens with zero attached hydrogens (tertiary/aromatic N) is 1. The molecule has 1 N–H and O–H groups in total. The van der Waals surface area contributed by atoms with E-state index in [-0.39, 0.29) is 36.4 Å². The second kappa shape index (κ2) is 8.27. The van der Waals surface area contributed by atoms with Crippen LogP contribution in [0.5, 0.6) is 0 Å². The van der Waals surface area contributed by atoms with Crippen LogP contribution in [-0.2, 0) is 13.7 Å². The molecule has 0 fully saturated rings. The van der Waals surface area contributed by atoms with Gasteiger partial charge in [0.05, 0.1) is 12.0 Å². The van der Waals surface area contributed by atoms with Crippen LogP contribution in [0, 0.1) is 26.6 Å². The first kappa shape index (κ1) is 20.5. The summed E-state index contributed by atoms with van der Waals surface area (Å²) in [6, 6.07) is 10.3. The molecule has 0 aliphatic carbocycles. The van der Waals surface area contributed by atoms with Gasteiger partial charge >= 0.3 is 0 Å². The lowest BCUT2D eigenvalue weighted by Crippen LogP contribution is -3.00. The maximum absolute atomic E-state index is 14.5. The molecular formula is C22H23FINO. The van der Waals surface area contributed by atoms with Crippen LogP contribution in [0.2, 0.25) is 0 Å². The molecule has 1 aromatic heterocycles. The van der Waals surface area contributed by atoms with E-state index in [1.807, 2.05) is 51.4 Å². The van der Waals surface area contributed by atoms with Gasteiger partial charge in [-0.05, 0) is 54.7 Å². The molecule has 0 amide bonds. The van der Waals surface area contributed by atoms with Crippen molar-refractivity contribution in [3.8, 4) is 0 Å². The molecule has 0 atom stereocenters. The summed E-state index contributed by atoms with van der Waals surface area (Å²) in [5, 5.41) is 10.6. The summed E-state index contributed by atoms with van der Waals surface area (Å²) in [5.41, 5.74) is 5.91. The van der Waals surface area contributed by atoms with Gasteiger partial charge in [0.15, 0.2) is 6.20 Å². The Balaban J connectivity index is 0.00000243. The Kier molecular flexibility index (Phi) is 6.53. The third-order valence-corrected chi connectivity index (χ3v) is 5.08. The van der Waals surface area contributed by atoms with Crippen LogP contribution < -0.4 is 28.5 Å². The van der Waals surface area contributed by atoms with Gasteiger partial charge in [-0.25, -0.2) is 8.96 Å². The minimum atomic E-state index is -0.311. The number of aryl methyl sites for hydroxylation is 1. The minimum absolute atomic E-state index is 0. The zero-order valence-electron chi connectivity index (χ0n) is 15.5. The first-order valence-electron chi connectivity index (χ1n) is 8.40. The molecule has 3 aromatic rings. The van der Waals surface area contributed by atoms with Crippen molar-refractivity contribution in [2.24, 2.45) is 7.05 Å². The van der Waals surface area contributed by atoms with E-state index in [1.165, 1.54) is 0 Å². The fourth-order valence-electron chi connectivity index (χ4n) is 3.36. The maximum Gasteiger partial charge on any atom is 0.212 e. The number of aliphatic hydroxyl groups excluding tert-OH is 1. The van der Waals surface area contributed by atoms with Gasteiger partial charge in [-0.2, -0.15) is 0 Å². The topological polar surface area (TPSA) is 24.1 Å². The Morgan fingerprint density at radius 2 is 1.69 bits per heavy atom. The third kappa shape index (κ3) is 3.53. The van der Waals surface area contributed by atoms with Gasteiger partial charge in [0.1, 0.15) is 12.9 Å². The monoisotopic (exact) mass is 463 g/mol. The van der Waals surface area contributed by atoms with Gasteiger partial charge in [-0.15, -0.1) is 0 Å². The van der Waals surface area contributed by atoms with Crippen molar-refractivity contribution < 1.29 is 38.0 Å². The number of aliphatic hydroxyl groups is 1. The molecule has 3 rings (SSSR count). The number of pyridine rings is 1. The molecule has 0 bridgehead atoms. The average molecular weight is 463 g/mol. The first-order chi connectivity index (χ1) is 12.0. The lowest BCUT2D eigenvalue weighted by Gasteiger charge is -2.15. The molecule has 4 heteroatoms. The van der Waals surface area contributed by atoms with Crippen molar-refractivity contribution in [2.75, 3.05) is 0 Å². The summed E-state index contributed by atoms with van der Waals surface area (Å²) in [7, 11) is 2.02. The van der Waals surface area contributed by atoms with Gasteiger partial charge in [-0.3, -0.25) is 0 Å². The molecule has 0 aliphatic rings. The van der Waals surface area contributed by atoms with Crippen molar-refractivity contribution in [1.82, 2.24) is 0 Å². The van der Waals surface area contributed by atoms with Crippen LogP contribution in [0.25, 0.3) is 23.1 Å². The summed E-state index contributed by atoms with van der Waals surface area (Å²) in [4.78, 5) is 0. The van der Waals surface area contributed by atoms with Crippen LogP contribution in [-0.4, -0.2) is 5.11 Å². The third-order valence-electron chi connectivity index (χ3n) is 5.08. The predicted molar refractivity (Wildman–Crippen MR) is 101 cm³/mol. The van der Waals surface area contributed by atoms with Gasteiger partial charge in [0, 0.05) is 17.7 Å². The van der Waals surface area contributed by atoms with Gasteiger partial charge in [-0.1, -0.05) is 24.3 Å². The smallest absolute Gasteiger partial charge is 0.212 e. The van der Waals surface area contributed by atoms with E-state index >= 15 is 0 Å². The highest BCUT2D eigenvalue weighted by atomic mass is 127. The average Bonchev–Trinajstić information content (AvgIpc) is 2.62. The van der Waals surface area contributed by atoms with E-state index < -0.39 is 0 Å². The van der Waals surface area contributed by atoms with Crippen LogP contribution in [0.4, 0.5) is 4.39 Å². The molecule has 26 heavy (non-hydrogen) atoms. The van der Waals surface area contributed by atoms with Crippen molar-refractivity contribution in [2.45, 2.75) is 27.4 Å². The standard InChI is InChI=1S/C22H23FNO.HI/c1-14-15(2)20(13-25)22(23)16(3)18(14)10-9-17-11-12-24(4)21-8-6-5-7-19(17)21;/h5-12,25H,13H2,1-4H3;1H/q+1;/p-1/b10-9+;. The van der Waals surface area contributed by atoms with E-state index in [9.17, 15) is 9.50 Å². The van der Waals surface area contributed by atoms with E-state index in [2.05, 4.69) is 22.8 Å². The second-order valence-corrected chi connectivity index (χ2v) is 6.47. The van der Waals surface area contributed by atoms with Crippen molar-refractivity contribution in [3.05, 3.63) is 75.7 Å². The molecular weight excluding hydrogens is 440 g/mol. The number of halogens is 2. The minimum Gasteiger partial charge on any atom is -1.00 e. The Bertz CT molecular complexity index is 966. The highest BCUT2D eigenvalue weighted by Crippen LogP contribution is 2.28. The maximum atomic E-state index is 14.5. The Hall–Kier alpha value is -1.79. The molecule has 0 radical (unpaired) electrons. The number of para-hydroxylation sites is 1. The second-order valence-electron chi connectivity index (χ2n) is 6.47. The van der Waals surface area contributed by atoms with Crippen molar-refractivity contribution in [1.29, 1.82) is 0 Å². The van der Waals surface area contributed by atoms with Crippen LogP contribution in [0.3, 0.4) is 0 Å². The summed E-state index contributed by atoms with van der Waals surface area (Å²) in [6.07, 6.45) is 6.04. The van der Waals surface area contributed by atoms with Crippen LogP contribution in [0.15, 0.2) is 36.5 Å². The van der Waals surface area contributed by atoms with E-state index in [0.29, 0.717) is 11.1 Å². The number of hydrogen-bond donors (Lipinski definition) is 1. The highest BCUT2D eigenvalue weighted by molar-refractivity contribution is 5.89. The fourth-order valence-corrected chi connectivity index (χ4v) is 3.36. The van der Waals surface area contributed by atoms with E-state index in [4.69, 9.17) is 0 Å². The van der Waals surface area contributed by atoms with Gasteiger partial charge in [0.2, 0.25) is 5.52 Å². The summed E-state index contributed by atoms with van der Waals surface area (Å²) in [6.45, 7) is 5.33. The molecule has 0 saturated heterocycles. The zero-order valence-corrected chi connectivity index (χ0v) is 17.6. The number of fused-ring (bicyclic) bond motifs is 1. The molecule has 2 aromatic carbocycles. The molecule has 1 heterocycles. The molecule has 136 valence electrons. The summed E-state index contributed by atoms with van der Waals surface area (Å²) < 4.78 is 16.6. The zero-order chi connectivity index (χ0) is 18.1. The van der Waals surface area contributed by atoms with Crippen molar-refractivity contribution >= 4 is 23.1 Å². The fraction of sp³-hybridized carbons (Fsp3) is 0.227. The summed E-state index contributed by atoms with van der Waals surface area (Å²) >= 11 is 0. The number of rotatable bonds is 3. The molecule has 0 unspecified atom stereocenters. The normalized spacial score (nSPS) is 11.2. The Labute approximate surface area is 171 Å². The highest BCUT2D eigenvalue weighted by Gasteiger charge is 2.15. The number of aromatic nitrogens is 1. The SMILES string of the molecule is Cc1c(C)c(CO)c(F)c(C)c1/C=C/c1cc[n+](C)c2ccccc12.[I-].